The van der Waals surface area contributed by atoms with Gasteiger partial charge in [0, 0.05) is 0 Å². The van der Waals surface area contributed by atoms with Gasteiger partial charge in [0.25, 0.3) is 0 Å². The third-order valence-electron chi connectivity index (χ3n) is 5.97. The van der Waals surface area contributed by atoms with E-state index in [1.165, 1.54) is 69.1 Å². The van der Waals surface area contributed by atoms with Crippen molar-refractivity contribution in [3.05, 3.63) is 65.0 Å². The van der Waals surface area contributed by atoms with E-state index < -0.39 is 5.82 Å². The van der Waals surface area contributed by atoms with Crippen LogP contribution < -0.4 is 4.74 Å². The molecule has 0 atom stereocenters. The number of hydrogen-bond acceptors (Lipinski definition) is 2. The predicted molar refractivity (Wildman–Crippen MR) is 111 cm³/mol. The quantitative estimate of drug-likeness (QED) is 0.457. The maximum absolute atomic E-state index is 13.9. The summed E-state index contributed by atoms with van der Waals surface area (Å²) in [6.07, 6.45) is 10.8. The zero-order valence-electron chi connectivity index (χ0n) is 16.8. The molecular formula is C25H30FNO. The molecule has 3 rings (SSSR count). The van der Waals surface area contributed by atoms with Gasteiger partial charge in [-0.15, -0.1) is 0 Å². The largest absolute Gasteiger partial charge is 0.486 e. The third kappa shape index (κ3) is 5.58. The summed E-state index contributed by atoms with van der Waals surface area (Å²) in [6.45, 7) is 2.60. The van der Waals surface area contributed by atoms with Crippen molar-refractivity contribution >= 4 is 0 Å². The van der Waals surface area contributed by atoms with E-state index in [2.05, 4.69) is 31.2 Å². The van der Waals surface area contributed by atoms with E-state index in [0.717, 1.165) is 11.5 Å². The fourth-order valence-corrected chi connectivity index (χ4v) is 4.20. The van der Waals surface area contributed by atoms with Crippen molar-refractivity contribution in [2.45, 2.75) is 70.8 Å². The Morgan fingerprint density at radius 1 is 1.04 bits per heavy atom. The molecule has 0 heterocycles. The van der Waals surface area contributed by atoms with E-state index in [4.69, 9.17) is 10.00 Å². The van der Waals surface area contributed by atoms with Gasteiger partial charge in [0.15, 0.2) is 11.6 Å². The summed E-state index contributed by atoms with van der Waals surface area (Å²) in [6, 6.07) is 14.8. The molecule has 0 aliphatic heterocycles. The van der Waals surface area contributed by atoms with Crippen molar-refractivity contribution in [2.75, 3.05) is 0 Å². The number of hydrogen-bond donors (Lipinski definition) is 0. The Morgan fingerprint density at radius 3 is 2.43 bits per heavy atom. The fraction of sp³-hybridized carbons (Fsp3) is 0.480. The van der Waals surface area contributed by atoms with Crippen molar-refractivity contribution in [1.29, 1.82) is 5.26 Å². The molecule has 0 saturated heterocycles. The van der Waals surface area contributed by atoms with Crippen molar-refractivity contribution < 1.29 is 9.13 Å². The molecule has 28 heavy (non-hydrogen) atoms. The van der Waals surface area contributed by atoms with Gasteiger partial charge in [0.2, 0.25) is 0 Å². The van der Waals surface area contributed by atoms with Crippen LogP contribution in [0.5, 0.6) is 5.75 Å². The molecule has 0 aromatic heterocycles. The summed E-state index contributed by atoms with van der Waals surface area (Å²) >= 11 is 0. The van der Waals surface area contributed by atoms with Crippen LogP contribution in [0.25, 0.3) is 0 Å². The van der Waals surface area contributed by atoms with E-state index in [0.29, 0.717) is 18.1 Å². The Hall–Kier alpha value is -2.34. The zero-order valence-corrected chi connectivity index (χ0v) is 16.8. The van der Waals surface area contributed by atoms with Crippen molar-refractivity contribution in [3.63, 3.8) is 0 Å². The SMILES string of the molecule is CCCCC[C@H]1CC[C@H](c2ccc(COc3ccc(C#N)cc3F)cc2)CC1. The lowest BCUT2D eigenvalue weighted by Crippen LogP contribution is -2.13. The topological polar surface area (TPSA) is 33.0 Å². The fourth-order valence-electron chi connectivity index (χ4n) is 4.20. The molecule has 2 aromatic carbocycles. The summed E-state index contributed by atoms with van der Waals surface area (Å²) in [5, 5.41) is 8.80. The first-order valence-electron chi connectivity index (χ1n) is 10.6. The van der Waals surface area contributed by atoms with Crippen LogP contribution in [-0.2, 0) is 6.61 Å². The number of unbranched alkanes of at least 4 members (excludes halogenated alkanes) is 2. The van der Waals surface area contributed by atoms with Crippen LogP contribution in [0.2, 0.25) is 0 Å². The van der Waals surface area contributed by atoms with Crippen LogP contribution in [0.4, 0.5) is 4.39 Å². The lowest BCUT2D eigenvalue weighted by molar-refractivity contribution is 0.290. The van der Waals surface area contributed by atoms with Crippen LogP contribution in [0.3, 0.4) is 0 Å². The normalized spacial score (nSPS) is 19.2. The first-order chi connectivity index (χ1) is 13.7. The second-order valence-corrected chi connectivity index (χ2v) is 8.00. The van der Waals surface area contributed by atoms with Gasteiger partial charge in [-0.2, -0.15) is 5.26 Å². The first kappa shape index (κ1) is 20.4. The van der Waals surface area contributed by atoms with Gasteiger partial charge in [-0.25, -0.2) is 4.39 Å². The molecular weight excluding hydrogens is 349 g/mol. The Morgan fingerprint density at radius 2 is 1.79 bits per heavy atom. The van der Waals surface area contributed by atoms with Gasteiger partial charge in [-0.3, -0.25) is 0 Å². The highest BCUT2D eigenvalue weighted by Gasteiger charge is 2.22. The van der Waals surface area contributed by atoms with E-state index in [1.807, 2.05) is 6.07 Å². The van der Waals surface area contributed by atoms with Gasteiger partial charge in [-0.05, 0) is 66.8 Å². The third-order valence-corrected chi connectivity index (χ3v) is 5.97. The lowest BCUT2D eigenvalue weighted by Gasteiger charge is -2.29. The summed E-state index contributed by atoms with van der Waals surface area (Å²) in [7, 11) is 0. The molecule has 2 aromatic rings. The number of ether oxygens (including phenoxy) is 1. The molecule has 0 amide bonds. The minimum Gasteiger partial charge on any atom is -0.486 e. The van der Waals surface area contributed by atoms with Gasteiger partial charge in [0.1, 0.15) is 6.61 Å². The van der Waals surface area contributed by atoms with Crippen LogP contribution in [0.15, 0.2) is 42.5 Å². The molecule has 0 bridgehead atoms. The Bertz CT molecular complexity index is 785. The maximum atomic E-state index is 13.9. The number of halogens is 1. The Labute approximate surface area is 168 Å². The molecule has 1 aliphatic rings. The molecule has 0 spiro atoms. The average molecular weight is 380 g/mol. The Kier molecular flexibility index (Phi) is 7.48. The van der Waals surface area contributed by atoms with E-state index in [9.17, 15) is 4.39 Å². The van der Waals surface area contributed by atoms with Gasteiger partial charge >= 0.3 is 0 Å². The predicted octanol–water partition coefficient (Wildman–Crippen LogP) is 7.13. The molecule has 0 N–H and O–H groups in total. The van der Waals surface area contributed by atoms with Crippen molar-refractivity contribution in [2.24, 2.45) is 5.92 Å². The van der Waals surface area contributed by atoms with Gasteiger partial charge < -0.3 is 4.74 Å². The number of nitriles is 1. The van der Waals surface area contributed by atoms with Crippen LogP contribution in [0.1, 0.15) is 80.9 Å². The highest BCUT2D eigenvalue weighted by atomic mass is 19.1. The van der Waals surface area contributed by atoms with Gasteiger partial charge in [-0.1, -0.05) is 56.9 Å². The second kappa shape index (κ2) is 10.3. The van der Waals surface area contributed by atoms with E-state index in [1.54, 1.807) is 6.07 Å². The number of benzene rings is 2. The molecule has 3 heteroatoms. The molecule has 1 fully saturated rings. The summed E-state index contributed by atoms with van der Waals surface area (Å²) in [5.41, 5.74) is 2.75. The molecule has 0 unspecified atom stereocenters. The lowest BCUT2D eigenvalue weighted by atomic mass is 9.77. The van der Waals surface area contributed by atoms with Crippen LogP contribution in [0, 0.1) is 23.1 Å². The summed E-state index contributed by atoms with van der Waals surface area (Å²) in [4.78, 5) is 0. The van der Waals surface area contributed by atoms with E-state index in [-0.39, 0.29) is 5.75 Å². The smallest absolute Gasteiger partial charge is 0.166 e. The minimum atomic E-state index is -0.494. The molecule has 1 aliphatic carbocycles. The highest BCUT2D eigenvalue weighted by molar-refractivity contribution is 5.36. The summed E-state index contributed by atoms with van der Waals surface area (Å²) < 4.78 is 19.5. The second-order valence-electron chi connectivity index (χ2n) is 8.00. The number of nitrogens with zero attached hydrogens (tertiary/aromatic N) is 1. The number of rotatable bonds is 8. The molecule has 1 saturated carbocycles. The zero-order chi connectivity index (χ0) is 19.8. The summed E-state index contributed by atoms with van der Waals surface area (Å²) in [5.74, 6) is 1.29. The van der Waals surface area contributed by atoms with Crippen molar-refractivity contribution in [1.82, 2.24) is 0 Å². The van der Waals surface area contributed by atoms with Crippen molar-refractivity contribution in [3.8, 4) is 11.8 Å². The Balaban J connectivity index is 1.48. The monoisotopic (exact) mass is 379 g/mol. The molecule has 0 radical (unpaired) electrons. The average Bonchev–Trinajstić information content (AvgIpc) is 2.74. The molecule has 148 valence electrons. The minimum absolute atomic E-state index is 0.185. The molecule has 2 nitrogen and oxygen atoms in total. The standard InChI is InChI=1S/C25H30FNO/c1-2-3-4-5-19-6-11-22(12-7-19)23-13-8-20(9-14-23)18-28-25-15-10-21(17-27)16-24(25)26/h8-10,13-16,19,22H,2-7,11-12,18H2,1H3/t19-,22-. The van der Waals surface area contributed by atoms with Crippen LogP contribution in [-0.4, -0.2) is 0 Å². The van der Waals surface area contributed by atoms with E-state index >= 15 is 0 Å². The van der Waals surface area contributed by atoms with Crippen LogP contribution >= 0.6 is 0 Å². The maximum Gasteiger partial charge on any atom is 0.166 e. The van der Waals surface area contributed by atoms with Gasteiger partial charge in [0.05, 0.1) is 11.6 Å². The highest BCUT2D eigenvalue weighted by Crippen LogP contribution is 2.37. The first-order valence-corrected chi connectivity index (χ1v) is 10.6.